The van der Waals surface area contributed by atoms with Gasteiger partial charge in [0, 0.05) is 50.4 Å². The fourth-order valence-corrected chi connectivity index (χ4v) is 6.43. The Morgan fingerprint density at radius 1 is 1.11 bits per heavy atom. The number of allylic oxidation sites excluding steroid dienone is 3. The van der Waals surface area contributed by atoms with Crippen LogP contribution >= 0.6 is 0 Å². The maximum atomic E-state index is 13.8. The molecule has 0 aromatic rings. The molecule has 0 spiro atoms. The van der Waals surface area contributed by atoms with E-state index in [4.69, 9.17) is 19.9 Å². The molecule has 2 bridgehead atoms. The van der Waals surface area contributed by atoms with Gasteiger partial charge in [-0.2, -0.15) is 0 Å². The number of nitrogens with zero attached hydrogens (tertiary/aromatic N) is 1. The first kappa shape index (κ1) is 37.1. The van der Waals surface area contributed by atoms with Crippen molar-refractivity contribution in [3.05, 3.63) is 46.3 Å². The predicted octanol–water partition coefficient (Wildman–Crippen LogP) is 2.67. The van der Waals surface area contributed by atoms with E-state index in [1.807, 2.05) is 19.9 Å². The van der Waals surface area contributed by atoms with Crippen molar-refractivity contribution in [2.45, 2.75) is 90.6 Å². The predicted molar refractivity (Wildman–Crippen MR) is 173 cm³/mol. The van der Waals surface area contributed by atoms with E-state index in [0.29, 0.717) is 42.5 Å². The van der Waals surface area contributed by atoms with Gasteiger partial charge >= 0.3 is 6.09 Å². The molecule has 2 aliphatic heterocycles. The lowest BCUT2D eigenvalue weighted by Gasteiger charge is -2.30. The lowest BCUT2D eigenvalue weighted by Crippen LogP contribution is -2.38. The zero-order valence-corrected chi connectivity index (χ0v) is 28.1. The number of carbonyl (C=O) groups excluding carboxylic acids is 4. The number of hydrogen-bond donors (Lipinski definition) is 4. The van der Waals surface area contributed by atoms with Crippen molar-refractivity contribution < 1.29 is 38.5 Å². The van der Waals surface area contributed by atoms with E-state index in [9.17, 15) is 24.3 Å². The van der Waals surface area contributed by atoms with Crippen molar-refractivity contribution in [1.82, 2.24) is 15.5 Å². The molecule has 46 heavy (non-hydrogen) atoms. The number of hydrogen-bond acceptors (Lipinski definition) is 10. The summed E-state index contributed by atoms with van der Waals surface area (Å²) >= 11 is 0. The third-order valence-corrected chi connectivity index (χ3v) is 9.05. The molecule has 0 radical (unpaired) electrons. The molecule has 0 saturated carbocycles. The minimum absolute atomic E-state index is 0.0746. The van der Waals surface area contributed by atoms with Crippen LogP contribution in [0, 0.1) is 11.8 Å². The van der Waals surface area contributed by atoms with Crippen LogP contribution in [0.3, 0.4) is 0 Å². The molecule has 6 atom stereocenters. The quantitative estimate of drug-likeness (QED) is 0.239. The van der Waals surface area contributed by atoms with E-state index < -0.39 is 48.1 Å². The van der Waals surface area contributed by atoms with E-state index in [1.165, 1.54) is 20.3 Å². The van der Waals surface area contributed by atoms with Gasteiger partial charge in [0.15, 0.2) is 6.10 Å². The molecule has 0 aromatic carbocycles. The molecule has 12 nitrogen and oxygen atoms in total. The first-order chi connectivity index (χ1) is 21.9. The fraction of sp³-hybridized carbons (Fsp3) is 0.647. The van der Waals surface area contributed by atoms with Gasteiger partial charge in [0.1, 0.15) is 0 Å². The smallest absolute Gasteiger partial charge is 0.405 e. The number of rotatable bonds is 7. The number of likely N-dealkylation sites (tertiary alicyclic amines) is 1. The van der Waals surface area contributed by atoms with E-state index in [-0.39, 0.29) is 29.5 Å². The van der Waals surface area contributed by atoms with Crippen LogP contribution in [-0.4, -0.2) is 98.4 Å². The monoisotopic (exact) mass is 644 g/mol. The summed E-state index contributed by atoms with van der Waals surface area (Å²) in [4.78, 5) is 54.5. The van der Waals surface area contributed by atoms with Gasteiger partial charge in [0.2, 0.25) is 11.6 Å². The minimum Gasteiger partial charge on any atom is -0.439 e. The molecule has 256 valence electrons. The third-order valence-electron chi connectivity index (χ3n) is 9.05. The van der Waals surface area contributed by atoms with Crippen LogP contribution in [0.1, 0.15) is 66.2 Å². The summed E-state index contributed by atoms with van der Waals surface area (Å²) in [7, 11) is 3.01. The topological polar surface area (TPSA) is 170 Å². The summed E-state index contributed by atoms with van der Waals surface area (Å²) in [5.74, 6) is -1.88. The second kappa shape index (κ2) is 17.6. The number of methoxy groups -OCH3 is 2. The van der Waals surface area contributed by atoms with Gasteiger partial charge in [-0.25, -0.2) is 4.79 Å². The fourth-order valence-electron chi connectivity index (χ4n) is 6.43. The Bertz CT molecular complexity index is 1250. The van der Waals surface area contributed by atoms with Gasteiger partial charge < -0.3 is 40.6 Å². The van der Waals surface area contributed by atoms with Crippen molar-refractivity contribution in [3.63, 3.8) is 0 Å². The van der Waals surface area contributed by atoms with Gasteiger partial charge in [0.05, 0.1) is 29.7 Å². The second-order valence-electron chi connectivity index (χ2n) is 12.7. The van der Waals surface area contributed by atoms with Gasteiger partial charge in [0.25, 0.3) is 5.91 Å². The summed E-state index contributed by atoms with van der Waals surface area (Å²) in [5, 5.41) is 17.2. The summed E-state index contributed by atoms with van der Waals surface area (Å²) in [6.07, 6.45) is 4.47. The van der Waals surface area contributed by atoms with E-state index in [1.54, 1.807) is 19.9 Å². The first-order valence-electron chi connectivity index (χ1n) is 16.2. The number of aliphatic hydroxyl groups excluding tert-OH is 1. The van der Waals surface area contributed by atoms with Crippen LogP contribution in [0.15, 0.2) is 46.3 Å². The maximum absolute atomic E-state index is 13.8. The van der Waals surface area contributed by atoms with Gasteiger partial charge in [-0.15, -0.1) is 0 Å². The standard InChI is InChI=1S/C34H52N4O8/c1-20-16-24-29(36-12-15-38-13-7-8-14-38)26(39)19-25(31(24)41)37-33(42)21(2)10-9-11-27(44-5)32(46-34(35)43)23(4)18-22(3)30(40)28(17-20)45-6/h10,18-20,22,27-28,30,32,36,40H,7-9,11-17H2,1-6H3,(H2,35,43)(H,37,42)/b21-10-,23-18-. The number of carbonyl (C=O) groups is 4. The molecule has 3 aliphatic rings. The molecule has 1 fully saturated rings. The molecule has 6 unspecified atom stereocenters. The van der Waals surface area contributed by atoms with Crippen molar-refractivity contribution in [3.8, 4) is 0 Å². The first-order valence-corrected chi connectivity index (χ1v) is 16.2. The molecule has 5 N–H and O–H groups in total. The van der Waals surface area contributed by atoms with Crippen LogP contribution in [0.5, 0.6) is 0 Å². The molecular weight excluding hydrogens is 592 g/mol. The lowest BCUT2D eigenvalue weighted by atomic mass is 9.85. The largest absolute Gasteiger partial charge is 0.439 e. The Balaban J connectivity index is 1.97. The third kappa shape index (κ3) is 10.1. The number of nitrogens with one attached hydrogen (secondary N) is 2. The minimum atomic E-state index is -0.959. The van der Waals surface area contributed by atoms with E-state index in [0.717, 1.165) is 32.5 Å². The number of nitrogens with two attached hydrogens (primary N) is 1. The van der Waals surface area contributed by atoms with Crippen LogP contribution in [0.25, 0.3) is 0 Å². The number of aliphatic hydroxyl groups is 1. The zero-order valence-electron chi connectivity index (χ0n) is 28.1. The summed E-state index contributed by atoms with van der Waals surface area (Å²) in [6, 6.07) is 0. The summed E-state index contributed by atoms with van der Waals surface area (Å²) in [5.41, 5.74) is 6.87. The van der Waals surface area contributed by atoms with Crippen molar-refractivity contribution in [2.75, 3.05) is 40.4 Å². The van der Waals surface area contributed by atoms with E-state index >= 15 is 0 Å². The molecule has 12 heteroatoms. The van der Waals surface area contributed by atoms with Crippen LogP contribution in [-0.2, 0) is 28.6 Å². The number of primary amides is 1. The molecule has 1 saturated heterocycles. The Kier molecular flexibility index (Phi) is 14.2. The highest BCUT2D eigenvalue weighted by Gasteiger charge is 2.34. The zero-order chi connectivity index (χ0) is 34.0. The molecule has 2 amide bonds. The Morgan fingerprint density at radius 2 is 1.78 bits per heavy atom. The van der Waals surface area contributed by atoms with Gasteiger partial charge in [-0.3, -0.25) is 14.4 Å². The number of ether oxygens (including phenoxy) is 3. The number of fused-ring (bicyclic) bond motifs is 2. The SMILES string of the molecule is COC1CC/C=C(/C)C(=O)NC2=CC(=O)C(NCCN3CCCC3)=C(CC(C)CC(OC)C(O)C(C)/C=C(/C)C1OC(N)=O)C2=O. The normalized spacial score (nSPS) is 31.8. The molecule has 2 heterocycles. The highest BCUT2D eigenvalue weighted by Crippen LogP contribution is 2.29. The summed E-state index contributed by atoms with van der Waals surface area (Å²) < 4.78 is 16.8. The average Bonchev–Trinajstić information content (AvgIpc) is 3.53. The van der Waals surface area contributed by atoms with Crippen LogP contribution < -0.4 is 16.4 Å². The van der Waals surface area contributed by atoms with Crippen molar-refractivity contribution in [2.24, 2.45) is 17.6 Å². The lowest BCUT2D eigenvalue weighted by molar-refractivity contribution is -0.120. The van der Waals surface area contributed by atoms with Gasteiger partial charge in [-0.1, -0.05) is 26.0 Å². The Hall–Kier alpha value is -3.32. The molecule has 0 aromatic heterocycles. The number of amides is 2. The molecular formula is C34H52N4O8. The van der Waals surface area contributed by atoms with Crippen molar-refractivity contribution in [1.29, 1.82) is 0 Å². The van der Waals surface area contributed by atoms with Crippen LogP contribution in [0.2, 0.25) is 0 Å². The average molecular weight is 645 g/mol. The summed E-state index contributed by atoms with van der Waals surface area (Å²) in [6.45, 7) is 10.5. The highest BCUT2D eigenvalue weighted by molar-refractivity contribution is 6.23. The highest BCUT2D eigenvalue weighted by atomic mass is 16.6. The van der Waals surface area contributed by atoms with Crippen LogP contribution in [0.4, 0.5) is 4.79 Å². The number of Topliss-reactive ketones (excluding diaryl/α,β-unsaturated/α-hetero) is 1. The van der Waals surface area contributed by atoms with Gasteiger partial charge in [-0.05, 0) is 77.0 Å². The molecule has 1 aliphatic carbocycles. The Labute approximate surface area is 272 Å². The Morgan fingerprint density at radius 3 is 2.41 bits per heavy atom. The molecule has 3 rings (SSSR count). The maximum Gasteiger partial charge on any atom is 0.405 e. The second-order valence-corrected chi connectivity index (χ2v) is 12.7. The van der Waals surface area contributed by atoms with Crippen molar-refractivity contribution >= 4 is 23.6 Å². The number of ketones is 2. The van der Waals surface area contributed by atoms with E-state index in [2.05, 4.69) is 15.5 Å².